The fourth-order valence-electron chi connectivity index (χ4n) is 2.07. The molecule has 0 atom stereocenters. The summed E-state index contributed by atoms with van der Waals surface area (Å²) < 4.78 is 2.18. The predicted octanol–water partition coefficient (Wildman–Crippen LogP) is 2.97. The molecule has 0 aliphatic carbocycles. The molecule has 0 fully saturated rings. The van der Waals surface area contributed by atoms with Gasteiger partial charge in [-0.25, -0.2) is 4.98 Å². The summed E-state index contributed by atoms with van der Waals surface area (Å²) >= 11 is 0. The first-order chi connectivity index (χ1) is 8.13. The van der Waals surface area contributed by atoms with E-state index in [1.54, 1.807) is 0 Å². The molecular weight excluding hydrogens is 285 g/mol. The number of hydrogen-bond acceptors (Lipinski definition) is 3. The number of halogens is 2. The molecule has 4 nitrogen and oxygen atoms in total. The van der Waals surface area contributed by atoms with Gasteiger partial charge in [-0.15, -0.1) is 24.8 Å². The molecule has 1 heterocycles. The molecule has 1 aromatic heterocycles. The van der Waals surface area contributed by atoms with Crippen molar-refractivity contribution in [2.45, 2.75) is 32.7 Å². The Bertz CT molecular complexity index is 526. The molecule has 0 aliphatic rings. The van der Waals surface area contributed by atoms with Crippen LogP contribution in [0.25, 0.3) is 11.0 Å². The van der Waals surface area contributed by atoms with Crippen LogP contribution in [0, 0.1) is 0 Å². The molecule has 0 aliphatic heterocycles. The Kier molecular flexibility index (Phi) is 7.19. The normalized spacial score (nSPS) is 10.3. The van der Waals surface area contributed by atoms with Crippen molar-refractivity contribution in [2.24, 2.45) is 0 Å². The van der Waals surface area contributed by atoms with Crippen LogP contribution in [0.1, 0.15) is 32.0 Å². The number of aliphatic hydroxyl groups is 1. The number of nitrogens with two attached hydrogens (primary N) is 1. The number of aryl methyl sites for hydroxylation is 1. The van der Waals surface area contributed by atoms with E-state index in [-0.39, 0.29) is 31.4 Å². The van der Waals surface area contributed by atoms with Crippen LogP contribution >= 0.6 is 24.8 Å². The third kappa shape index (κ3) is 3.75. The Balaban J connectivity index is 0.00000162. The maximum atomic E-state index is 8.96. The summed E-state index contributed by atoms with van der Waals surface area (Å²) in [5, 5.41) is 8.96. The first-order valence-electron chi connectivity index (χ1n) is 6.00. The lowest BCUT2D eigenvalue weighted by molar-refractivity contribution is 0.279. The highest BCUT2D eigenvalue weighted by Gasteiger charge is 2.13. The number of anilines is 1. The van der Waals surface area contributed by atoms with Gasteiger partial charge in [0.25, 0.3) is 0 Å². The van der Waals surface area contributed by atoms with Crippen LogP contribution in [0.3, 0.4) is 0 Å². The van der Waals surface area contributed by atoms with E-state index in [0.717, 1.165) is 35.5 Å². The summed E-state index contributed by atoms with van der Waals surface area (Å²) in [4.78, 5) is 4.63. The number of benzene rings is 1. The third-order valence-electron chi connectivity index (χ3n) is 2.86. The molecule has 6 heteroatoms. The van der Waals surface area contributed by atoms with Crippen molar-refractivity contribution in [3.63, 3.8) is 0 Å². The van der Waals surface area contributed by atoms with Crippen LogP contribution in [-0.4, -0.2) is 21.3 Å². The largest absolute Gasteiger partial charge is 0.399 e. The van der Waals surface area contributed by atoms with Gasteiger partial charge >= 0.3 is 0 Å². The maximum Gasteiger partial charge on any atom is 0.112 e. The Morgan fingerprint density at radius 3 is 2.58 bits per heavy atom. The van der Waals surface area contributed by atoms with Crippen LogP contribution in [0.15, 0.2) is 18.2 Å². The molecule has 2 aromatic rings. The van der Waals surface area contributed by atoms with Gasteiger partial charge < -0.3 is 15.4 Å². The molecule has 0 unspecified atom stereocenters. The number of hydrogen-bond donors (Lipinski definition) is 2. The van der Waals surface area contributed by atoms with Gasteiger partial charge in [-0.1, -0.05) is 13.8 Å². The van der Waals surface area contributed by atoms with Crippen molar-refractivity contribution >= 4 is 41.5 Å². The topological polar surface area (TPSA) is 64.1 Å². The van der Waals surface area contributed by atoms with Crippen molar-refractivity contribution < 1.29 is 5.11 Å². The molecule has 0 spiro atoms. The highest BCUT2D eigenvalue weighted by molar-refractivity contribution is 5.85. The number of fused-ring (bicyclic) bond motifs is 1. The summed E-state index contributed by atoms with van der Waals surface area (Å²) in [6.45, 7) is 5.25. The molecular formula is C13H21Cl2N3O. The number of nitrogen functional groups attached to an aromatic ring is 1. The average molecular weight is 306 g/mol. The highest BCUT2D eigenvalue weighted by atomic mass is 35.5. The van der Waals surface area contributed by atoms with Crippen molar-refractivity contribution in [2.75, 3.05) is 12.3 Å². The molecule has 0 radical (unpaired) electrons. The Morgan fingerprint density at radius 2 is 2.00 bits per heavy atom. The minimum Gasteiger partial charge on any atom is -0.399 e. The lowest BCUT2D eigenvalue weighted by Crippen LogP contribution is -2.06. The van der Waals surface area contributed by atoms with Crippen LogP contribution in [-0.2, 0) is 6.54 Å². The zero-order valence-electron chi connectivity index (χ0n) is 11.2. The molecule has 3 N–H and O–H groups in total. The lowest BCUT2D eigenvalue weighted by Gasteiger charge is -2.10. The molecule has 19 heavy (non-hydrogen) atoms. The van der Waals surface area contributed by atoms with Crippen LogP contribution in [0.4, 0.5) is 5.69 Å². The fraction of sp³-hybridized carbons (Fsp3) is 0.462. The molecule has 1 aromatic carbocycles. The van der Waals surface area contributed by atoms with Gasteiger partial charge in [0.1, 0.15) is 5.82 Å². The van der Waals surface area contributed by atoms with Gasteiger partial charge in [-0.2, -0.15) is 0 Å². The van der Waals surface area contributed by atoms with Crippen molar-refractivity contribution in [1.82, 2.24) is 9.55 Å². The Labute approximate surface area is 125 Å². The van der Waals surface area contributed by atoms with Gasteiger partial charge in [0.2, 0.25) is 0 Å². The van der Waals surface area contributed by atoms with E-state index >= 15 is 0 Å². The van der Waals surface area contributed by atoms with Crippen molar-refractivity contribution in [1.29, 1.82) is 0 Å². The standard InChI is InChI=1S/C13H19N3O.2ClH/c1-9(2)13-15-11-8-10(14)4-5-12(11)16(13)6-3-7-17;;/h4-5,8-9,17H,3,6-7,14H2,1-2H3;2*1H. The van der Waals surface area contributed by atoms with Gasteiger partial charge in [0, 0.05) is 24.8 Å². The molecule has 108 valence electrons. The number of aromatic nitrogens is 2. The number of imidazole rings is 1. The van der Waals surface area contributed by atoms with E-state index in [0.29, 0.717) is 5.92 Å². The molecule has 0 amide bonds. The van der Waals surface area contributed by atoms with Crippen LogP contribution < -0.4 is 5.73 Å². The van der Waals surface area contributed by atoms with Crippen LogP contribution in [0.5, 0.6) is 0 Å². The van der Waals surface area contributed by atoms with E-state index in [2.05, 4.69) is 23.4 Å². The smallest absolute Gasteiger partial charge is 0.112 e. The summed E-state index contributed by atoms with van der Waals surface area (Å²) in [6, 6.07) is 5.79. The van der Waals surface area contributed by atoms with Crippen molar-refractivity contribution in [3.05, 3.63) is 24.0 Å². The van der Waals surface area contributed by atoms with Gasteiger partial charge in [-0.05, 0) is 24.6 Å². The first-order valence-corrected chi connectivity index (χ1v) is 6.00. The monoisotopic (exact) mass is 305 g/mol. The highest BCUT2D eigenvalue weighted by Crippen LogP contribution is 2.23. The molecule has 0 saturated heterocycles. The lowest BCUT2D eigenvalue weighted by atomic mass is 10.2. The van der Waals surface area contributed by atoms with Crippen molar-refractivity contribution in [3.8, 4) is 0 Å². The average Bonchev–Trinajstić information content (AvgIpc) is 2.64. The SMILES string of the molecule is CC(C)c1nc2cc(N)ccc2n1CCCO.Cl.Cl. The quantitative estimate of drug-likeness (QED) is 0.854. The van der Waals surface area contributed by atoms with Gasteiger partial charge in [0.05, 0.1) is 11.0 Å². The van der Waals surface area contributed by atoms with Gasteiger partial charge in [0.15, 0.2) is 0 Å². The summed E-state index contributed by atoms with van der Waals surface area (Å²) in [6.07, 6.45) is 0.746. The van der Waals surface area contributed by atoms with E-state index in [9.17, 15) is 0 Å². The number of rotatable bonds is 4. The summed E-state index contributed by atoms with van der Waals surface area (Å²) in [5.74, 6) is 1.42. The van der Waals surface area contributed by atoms with E-state index < -0.39 is 0 Å². The second-order valence-corrected chi connectivity index (χ2v) is 4.60. The first kappa shape index (κ1) is 18.0. The maximum absolute atomic E-state index is 8.96. The van der Waals surface area contributed by atoms with E-state index in [1.165, 1.54) is 0 Å². The predicted molar refractivity (Wildman–Crippen MR) is 84.4 cm³/mol. The summed E-state index contributed by atoms with van der Waals surface area (Å²) in [7, 11) is 0. The summed E-state index contributed by atoms with van der Waals surface area (Å²) in [5.41, 5.74) is 8.54. The zero-order valence-corrected chi connectivity index (χ0v) is 12.8. The Morgan fingerprint density at radius 1 is 1.32 bits per heavy atom. The van der Waals surface area contributed by atoms with E-state index in [4.69, 9.17) is 10.8 Å². The van der Waals surface area contributed by atoms with E-state index in [1.807, 2.05) is 18.2 Å². The zero-order chi connectivity index (χ0) is 12.4. The molecule has 2 rings (SSSR count). The van der Waals surface area contributed by atoms with Crippen LogP contribution in [0.2, 0.25) is 0 Å². The fourth-order valence-corrected chi connectivity index (χ4v) is 2.07. The number of nitrogens with zero attached hydrogens (tertiary/aromatic N) is 2. The minimum atomic E-state index is 0. The second-order valence-electron chi connectivity index (χ2n) is 4.60. The number of aliphatic hydroxyl groups excluding tert-OH is 1. The Hall–Kier alpha value is -0.970. The second kappa shape index (κ2) is 7.58. The van der Waals surface area contributed by atoms with Gasteiger partial charge in [-0.3, -0.25) is 0 Å². The molecule has 0 bridgehead atoms. The third-order valence-corrected chi connectivity index (χ3v) is 2.86. The minimum absolute atomic E-state index is 0. The molecule has 0 saturated carbocycles.